The maximum atomic E-state index is 2.63. The average molecular weight is 232 g/mol. The van der Waals surface area contributed by atoms with E-state index in [-0.39, 0.29) is 0 Å². The second-order valence-electron chi connectivity index (χ2n) is 7.37. The Hall–Kier alpha value is -0.260. The van der Waals surface area contributed by atoms with Crippen molar-refractivity contribution in [2.45, 2.75) is 65.7 Å². The third-order valence-electron chi connectivity index (χ3n) is 6.31. The number of hydrogen-bond acceptors (Lipinski definition) is 0. The lowest BCUT2D eigenvalue weighted by atomic mass is 9.50. The van der Waals surface area contributed by atoms with Gasteiger partial charge in [0.15, 0.2) is 0 Å². The molecule has 0 aliphatic heterocycles. The Kier molecular flexibility index (Phi) is 2.88. The first kappa shape index (κ1) is 11.8. The van der Waals surface area contributed by atoms with Crippen LogP contribution < -0.4 is 0 Å². The molecule has 5 atom stereocenters. The van der Waals surface area contributed by atoms with Gasteiger partial charge in [-0.25, -0.2) is 0 Å². The van der Waals surface area contributed by atoms with Crippen LogP contribution in [-0.2, 0) is 0 Å². The molecule has 0 aromatic carbocycles. The van der Waals surface area contributed by atoms with Gasteiger partial charge < -0.3 is 0 Å². The fraction of sp³-hybridized carbons (Fsp3) is 0.882. The minimum atomic E-state index is 0.655. The van der Waals surface area contributed by atoms with Crippen LogP contribution in [0.25, 0.3) is 0 Å². The summed E-state index contributed by atoms with van der Waals surface area (Å²) in [5.74, 6) is 3.80. The lowest BCUT2D eigenvalue weighted by Gasteiger charge is -2.55. The molecule has 3 rings (SSSR count). The van der Waals surface area contributed by atoms with Gasteiger partial charge in [0.1, 0.15) is 0 Å². The summed E-state index contributed by atoms with van der Waals surface area (Å²) in [4.78, 5) is 0. The van der Waals surface area contributed by atoms with Crippen LogP contribution in [0.5, 0.6) is 0 Å². The highest BCUT2D eigenvalue weighted by Gasteiger charge is 2.49. The van der Waals surface area contributed by atoms with Crippen LogP contribution in [-0.4, -0.2) is 0 Å². The molecule has 3 aliphatic carbocycles. The number of hydrogen-bond donors (Lipinski definition) is 0. The molecular weight excluding hydrogens is 204 g/mol. The summed E-state index contributed by atoms with van der Waals surface area (Å²) in [7, 11) is 0. The molecule has 0 aromatic heterocycles. The monoisotopic (exact) mass is 232 g/mol. The molecule has 0 radical (unpaired) electrons. The van der Waals surface area contributed by atoms with Crippen LogP contribution in [0.2, 0.25) is 0 Å². The van der Waals surface area contributed by atoms with E-state index in [4.69, 9.17) is 0 Å². The molecule has 0 saturated heterocycles. The van der Waals surface area contributed by atoms with E-state index in [0.717, 1.165) is 23.7 Å². The molecule has 2 saturated carbocycles. The Labute approximate surface area is 107 Å². The molecule has 0 heterocycles. The van der Waals surface area contributed by atoms with Gasteiger partial charge in [0.05, 0.1) is 0 Å². The van der Waals surface area contributed by atoms with Crippen LogP contribution in [0.1, 0.15) is 65.7 Å². The second-order valence-corrected chi connectivity index (χ2v) is 7.37. The molecule has 0 heteroatoms. The van der Waals surface area contributed by atoms with Crippen LogP contribution >= 0.6 is 0 Å². The number of allylic oxidation sites excluding steroid dienone is 2. The van der Waals surface area contributed by atoms with Crippen molar-refractivity contribution < 1.29 is 0 Å². The summed E-state index contributed by atoms with van der Waals surface area (Å²) in [5.41, 5.74) is 2.50. The Morgan fingerprint density at radius 3 is 2.76 bits per heavy atom. The van der Waals surface area contributed by atoms with Gasteiger partial charge in [-0.05, 0) is 61.2 Å². The standard InChI is InChI=1S/C17H28/c1-12-6-8-16-14(11-12)7-9-15-13(2)5-4-10-17(15,16)3/h11-13,15-16H,4-10H2,1-3H3. The zero-order chi connectivity index (χ0) is 12.0. The van der Waals surface area contributed by atoms with Crippen LogP contribution in [0.15, 0.2) is 11.6 Å². The molecule has 2 fully saturated rings. The third-order valence-corrected chi connectivity index (χ3v) is 6.31. The van der Waals surface area contributed by atoms with E-state index >= 15 is 0 Å². The smallest absolute Gasteiger partial charge is 0.0146 e. The van der Waals surface area contributed by atoms with Gasteiger partial charge in [0.25, 0.3) is 0 Å². The summed E-state index contributed by atoms with van der Waals surface area (Å²) in [6.45, 7) is 7.55. The summed E-state index contributed by atoms with van der Waals surface area (Å²) in [6.07, 6.45) is 12.9. The van der Waals surface area contributed by atoms with E-state index in [9.17, 15) is 0 Å². The van der Waals surface area contributed by atoms with Crippen molar-refractivity contribution in [2.24, 2.45) is 29.1 Å². The number of rotatable bonds is 0. The van der Waals surface area contributed by atoms with Crippen molar-refractivity contribution in [2.75, 3.05) is 0 Å². The largest absolute Gasteiger partial charge is 0.0822 e. The average Bonchev–Trinajstić information content (AvgIpc) is 2.28. The molecule has 0 N–H and O–H groups in total. The van der Waals surface area contributed by atoms with Gasteiger partial charge >= 0.3 is 0 Å². The first-order valence-corrected chi connectivity index (χ1v) is 7.82. The Bertz CT molecular complexity index is 327. The van der Waals surface area contributed by atoms with E-state index in [1.54, 1.807) is 0 Å². The minimum Gasteiger partial charge on any atom is -0.0822 e. The zero-order valence-electron chi connectivity index (χ0n) is 11.8. The molecule has 0 spiro atoms. The number of fused-ring (bicyclic) bond motifs is 3. The molecule has 17 heavy (non-hydrogen) atoms. The van der Waals surface area contributed by atoms with Crippen molar-refractivity contribution in [1.29, 1.82) is 0 Å². The topological polar surface area (TPSA) is 0 Å². The third kappa shape index (κ3) is 1.79. The van der Waals surface area contributed by atoms with E-state index < -0.39 is 0 Å². The van der Waals surface area contributed by atoms with E-state index in [0.29, 0.717) is 5.41 Å². The predicted molar refractivity (Wildman–Crippen MR) is 73.8 cm³/mol. The molecule has 0 bridgehead atoms. The second kappa shape index (κ2) is 4.14. The van der Waals surface area contributed by atoms with Crippen LogP contribution in [0, 0.1) is 29.1 Å². The van der Waals surface area contributed by atoms with Crippen molar-refractivity contribution in [3.05, 3.63) is 11.6 Å². The summed E-state index contributed by atoms with van der Waals surface area (Å²) in [6, 6.07) is 0. The maximum Gasteiger partial charge on any atom is -0.0146 e. The fourth-order valence-corrected chi connectivity index (χ4v) is 5.40. The lowest BCUT2D eigenvalue weighted by molar-refractivity contribution is -0.0114. The highest BCUT2D eigenvalue weighted by molar-refractivity contribution is 5.20. The van der Waals surface area contributed by atoms with Gasteiger partial charge in [0, 0.05) is 0 Å². The molecule has 0 nitrogen and oxygen atoms in total. The van der Waals surface area contributed by atoms with E-state index in [1.807, 2.05) is 5.57 Å². The van der Waals surface area contributed by atoms with Crippen molar-refractivity contribution in [1.82, 2.24) is 0 Å². The highest BCUT2D eigenvalue weighted by atomic mass is 14.5. The van der Waals surface area contributed by atoms with Crippen LogP contribution in [0.4, 0.5) is 0 Å². The van der Waals surface area contributed by atoms with E-state index in [1.165, 1.54) is 44.9 Å². The molecule has 96 valence electrons. The lowest BCUT2D eigenvalue weighted by Crippen LogP contribution is -2.46. The van der Waals surface area contributed by atoms with E-state index in [2.05, 4.69) is 26.8 Å². The summed E-state index contributed by atoms with van der Waals surface area (Å²) < 4.78 is 0. The minimum absolute atomic E-state index is 0.655. The molecule has 0 aromatic rings. The van der Waals surface area contributed by atoms with Crippen molar-refractivity contribution in [3.63, 3.8) is 0 Å². The molecular formula is C17H28. The first-order valence-electron chi connectivity index (χ1n) is 7.82. The normalized spacial score (nSPS) is 50.2. The maximum absolute atomic E-state index is 2.63. The molecule has 3 aliphatic rings. The van der Waals surface area contributed by atoms with Crippen LogP contribution in [0.3, 0.4) is 0 Å². The predicted octanol–water partition coefficient (Wildman–Crippen LogP) is 5.20. The van der Waals surface area contributed by atoms with Gasteiger partial charge in [-0.1, -0.05) is 45.3 Å². The van der Waals surface area contributed by atoms with Gasteiger partial charge in [-0.2, -0.15) is 0 Å². The van der Waals surface area contributed by atoms with Crippen molar-refractivity contribution >= 4 is 0 Å². The Morgan fingerprint density at radius 2 is 1.94 bits per heavy atom. The fourth-order valence-electron chi connectivity index (χ4n) is 5.40. The SMILES string of the molecule is CC1C=C2CCC3C(C)CCCC3(C)C2CC1. The molecule has 5 unspecified atom stereocenters. The summed E-state index contributed by atoms with van der Waals surface area (Å²) >= 11 is 0. The van der Waals surface area contributed by atoms with Gasteiger partial charge in [0.2, 0.25) is 0 Å². The Balaban J connectivity index is 1.92. The van der Waals surface area contributed by atoms with Gasteiger partial charge in [-0.3, -0.25) is 0 Å². The quantitative estimate of drug-likeness (QED) is 0.504. The summed E-state index contributed by atoms with van der Waals surface area (Å²) in [5, 5.41) is 0. The first-order chi connectivity index (χ1) is 8.11. The van der Waals surface area contributed by atoms with Gasteiger partial charge in [-0.15, -0.1) is 0 Å². The van der Waals surface area contributed by atoms with Crippen molar-refractivity contribution in [3.8, 4) is 0 Å². The highest BCUT2D eigenvalue weighted by Crippen LogP contribution is 2.59. The zero-order valence-corrected chi connectivity index (χ0v) is 11.8. The Morgan fingerprint density at radius 1 is 1.12 bits per heavy atom. The molecule has 0 amide bonds.